The number of aromatic carboxylic acids is 1. The minimum atomic E-state index is -1.35. The molecule has 2 N–H and O–H groups in total. The molecule has 0 fully saturated rings. The number of carbonyl (C=O) groups is 1. The highest BCUT2D eigenvalue weighted by molar-refractivity contribution is 5.84. The number of carboxylic acid groups (broad SMARTS) is 1. The lowest BCUT2D eigenvalue weighted by atomic mass is 9.93. The minimum Gasteiger partial charge on any atom is -0.475 e. The molecule has 1 heterocycles. The Morgan fingerprint density at radius 3 is 2.28 bits per heavy atom. The summed E-state index contributed by atoms with van der Waals surface area (Å²) < 4.78 is 5.14. The molecule has 4 heteroatoms. The van der Waals surface area contributed by atoms with Crippen molar-refractivity contribution < 1.29 is 19.4 Å². The van der Waals surface area contributed by atoms with Crippen molar-refractivity contribution in [1.82, 2.24) is 0 Å². The molecular formula is C14H14O4. The highest BCUT2D eigenvalue weighted by atomic mass is 16.4. The predicted octanol–water partition coefficient (Wildman–Crippen LogP) is 2.54. The van der Waals surface area contributed by atoms with Crippen LogP contribution in [0.4, 0.5) is 0 Å². The first-order valence-corrected chi connectivity index (χ1v) is 5.54. The van der Waals surface area contributed by atoms with E-state index in [-0.39, 0.29) is 11.5 Å². The zero-order valence-corrected chi connectivity index (χ0v) is 10.2. The third-order valence-corrected chi connectivity index (χ3v) is 2.91. The Bertz CT molecular complexity index is 564. The number of aryl methyl sites for hydroxylation is 1. The second-order valence-corrected chi connectivity index (χ2v) is 4.41. The van der Waals surface area contributed by atoms with Crippen LogP contribution in [0.1, 0.15) is 34.4 Å². The second-order valence-electron chi connectivity index (χ2n) is 4.41. The van der Waals surface area contributed by atoms with Gasteiger partial charge < -0.3 is 14.6 Å². The topological polar surface area (TPSA) is 70.7 Å². The van der Waals surface area contributed by atoms with Gasteiger partial charge in [-0.3, -0.25) is 0 Å². The van der Waals surface area contributed by atoms with Gasteiger partial charge in [0.2, 0.25) is 5.76 Å². The summed E-state index contributed by atoms with van der Waals surface area (Å²) in [4.78, 5) is 10.7. The summed E-state index contributed by atoms with van der Waals surface area (Å²) >= 11 is 0. The van der Waals surface area contributed by atoms with Crippen LogP contribution < -0.4 is 0 Å². The van der Waals surface area contributed by atoms with E-state index in [0.717, 1.165) is 5.56 Å². The number of benzene rings is 1. The molecule has 1 atom stereocenters. The third-order valence-electron chi connectivity index (χ3n) is 2.91. The number of carboxylic acids is 1. The number of hydrogen-bond acceptors (Lipinski definition) is 3. The van der Waals surface area contributed by atoms with Crippen molar-refractivity contribution in [2.75, 3.05) is 0 Å². The first-order chi connectivity index (χ1) is 8.41. The van der Waals surface area contributed by atoms with Gasteiger partial charge in [0.15, 0.2) is 0 Å². The maximum Gasteiger partial charge on any atom is 0.371 e. The van der Waals surface area contributed by atoms with Gasteiger partial charge in [0.25, 0.3) is 0 Å². The van der Waals surface area contributed by atoms with E-state index in [1.165, 1.54) is 12.1 Å². The predicted molar refractivity (Wildman–Crippen MR) is 65.5 cm³/mol. The molecule has 94 valence electrons. The quantitative estimate of drug-likeness (QED) is 0.873. The highest BCUT2D eigenvalue weighted by Crippen LogP contribution is 2.30. The van der Waals surface area contributed by atoms with Crippen molar-refractivity contribution in [3.63, 3.8) is 0 Å². The van der Waals surface area contributed by atoms with Gasteiger partial charge in [-0.05, 0) is 31.5 Å². The van der Waals surface area contributed by atoms with Crippen LogP contribution in [0, 0.1) is 6.92 Å². The minimum absolute atomic E-state index is 0.183. The molecule has 0 aliphatic rings. The van der Waals surface area contributed by atoms with Crippen molar-refractivity contribution in [1.29, 1.82) is 0 Å². The molecule has 1 aromatic heterocycles. The molecule has 0 saturated carbocycles. The molecule has 0 radical (unpaired) electrons. The third kappa shape index (κ3) is 2.15. The van der Waals surface area contributed by atoms with Gasteiger partial charge in [0.05, 0.1) is 0 Å². The molecule has 0 spiro atoms. The SMILES string of the molecule is Cc1ccc(C(C)(O)c2ccc(C(=O)O)o2)cc1. The molecule has 0 aliphatic heterocycles. The Labute approximate surface area is 104 Å². The molecule has 0 saturated heterocycles. The van der Waals surface area contributed by atoms with Crippen molar-refractivity contribution in [3.05, 3.63) is 59.0 Å². The van der Waals surface area contributed by atoms with E-state index in [0.29, 0.717) is 5.56 Å². The first-order valence-electron chi connectivity index (χ1n) is 5.54. The fourth-order valence-corrected chi connectivity index (χ4v) is 1.73. The van der Waals surface area contributed by atoms with Gasteiger partial charge in [-0.25, -0.2) is 4.79 Å². The maximum absolute atomic E-state index is 10.7. The van der Waals surface area contributed by atoms with E-state index in [1.54, 1.807) is 19.1 Å². The average molecular weight is 246 g/mol. The molecular weight excluding hydrogens is 232 g/mol. The molecule has 0 bridgehead atoms. The van der Waals surface area contributed by atoms with Gasteiger partial charge in [-0.2, -0.15) is 0 Å². The van der Waals surface area contributed by atoms with Crippen LogP contribution in [-0.4, -0.2) is 16.2 Å². The lowest BCUT2D eigenvalue weighted by molar-refractivity contribution is 0.0601. The van der Waals surface area contributed by atoms with Gasteiger partial charge in [0, 0.05) is 0 Å². The first kappa shape index (κ1) is 12.4. The largest absolute Gasteiger partial charge is 0.475 e. The molecule has 0 amide bonds. The van der Waals surface area contributed by atoms with Gasteiger partial charge in [-0.15, -0.1) is 0 Å². The van der Waals surface area contributed by atoms with Crippen molar-refractivity contribution in [2.45, 2.75) is 19.4 Å². The Morgan fingerprint density at radius 2 is 1.78 bits per heavy atom. The Kier molecular flexibility index (Phi) is 2.97. The Balaban J connectivity index is 2.40. The summed E-state index contributed by atoms with van der Waals surface area (Å²) in [7, 11) is 0. The fraction of sp³-hybridized carbons (Fsp3) is 0.214. The molecule has 2 aromatic rings. The lowest BCUT2D eigenvalue weighted by Crippen LogP contribution is -2.21. The number of furan rings is 1. The lowest BCUT2D eigenvalue weighted by Gasteiger charge is -2.21. The van der Waals surface area contributed by atoms with Crippen LogP contribution in [0.2, 0.25) is 0 Å². The molecule has 4 nitrogen and oxygen atoms in total. The highest BCUT2D eigenvalue weighted by Gasteiger charge is 2.30. The zero-order chi connectivity index (χ0) is 13.3. The summed E-state index contributed by atoms with van der Waals surface area (Å²) in [5.74, 6) is -1.12. The summed E-state index contributed by atoms with van der Waals surface area (Å²) in [6, 6.07) is 10.1. The Hall–Kier alpha value is -2.07. The van der Waals surface area contributed by atoms with Crippen LogP contribution in [0.5, 0.6) is 0 Å². The molecule has 1 unspecified atom stereocenters. The summed E-state index contributed by atoms with van der Waals surface area (Å²) in [6.07, 6.45) is 0. The maximum atomic E-state index is 10.7. The molecule has 1 aromatic carbocycles. The monoisotopic (exact) mass is 246 g/mol. The summed E-state index contributed by atoms with van der Waals surface area (Å²) in [5, 5.41) is 19.3. The van der Waals surface area contributed by atoms with E-state index in [1.807, 2.05) is 19.1 Å². The van der Waals surface area contributed by atoms with E-state index in [2.05, 4.69) is 0 Å². The van der Waals surface area contributed by atoms with Gasteiger partial charge in [0.1, 0.15) is 11.4 Å². The van der Waals surface area contributed by atoms with E-state index >= 15 is 0 Å². The van der Waals surface area contributed by atoms with Crippen LogP contribution >= 0.6 is 0 Å². The molecule has 18 heavy (non-hydrogen) atoms. The number of aliphatic hydroxyl groups is 1. The van der Waals surface area contributed by atoms with Crippen LogP contribution in [0.3, 0.4) is 0 Å². The smallest absolute Gasteiger partial charge is 0.371 e. The van der Waals surface area contributed by atoms with Crippen LogP contribution in [0.15, 0.2) is 40.8 Å². The molecule has 2 rings (SSSR count). The van der Waals surface area contributed by atoms with E-state index in [4.69, 9.17) is 9.52 Å². The number of rotatable bonds is 3. The average Bonchev–Trinajstić information content (AvgIpc) is 2.79. The fourth-order valence-electron chi connectivity index (χ4n) is 1.73. The van der Waals surface area contributed by atoms with Crippen molar-refractivity contribution in [3.8, 4) is 0 Å². The van der Waals surface area contributed by atoms with Gasteiger partial charge in [-0.1, -0.05) is 29.8 Å². The van der Waals surface area contributed by atoms with Crippen molar-refractivity contribution >= 4 is 5.97 Å². The molecule has 0 aliphatic carbocycles. The summed E-state index contributed by atoms with van der Waals surface area (Å²) in [6.45, 7) is 3.52. The zero-order valence-electron chi connectivity index (χ0n) is 10.2. The number of hydrogen-bond donors (Lipinski definition) is 2. The van der Waals surface area contributed by atoms with Crippen LogP contribution in [0.25, 0.3) is 0 Å². The van der Waals surface area contributed by atoms with Gasteiger partial charge >= 0.3 is 5.97 Å². The summed E-state index contributed by atoms with van der Waals surface area (Å²) in [5.41, 5.74) is 0.390. The Morgan fingerprint density at radius 1 is 1.17 bits per heavy atom. The van der Waals surface area contributed by atoms with E-state index < -0.39 is 11.6 Å². The second kappa shape index (κ2) is 4.31. The standard InChI is InChI=1S/C14H14O4/c1-9-3-5-10(6-4-9)14(2,17)12-8-7-11(18-12)13(15)16/h3-8,17H,1-2H3,(H,15,16). The van der Waals surface area contributed by atoms with Crippen molar-refractivity contribution in [2.24, 2.45) is 0 Å². The normalized spacial score (nSPS) is 14.2. The van der Waals surface area contributed by atoms with Crippen LogP contribution in [-0.2, 0) is 5.60 Å². The van der Waals surface area contributed by atoms with E-state index in [9.17, 15) is 9.90 Å².